The fourth-order valence-corrected chi connectivity index (χ4v) is 3.96. The minimum atomic E-state index is -0.700. The molecule has 2 aromatic rings. The molecule has 0 saturated carbocycles. The largest absolute Gasteiger partial charge is 0.504 e. The van der Waals surface area contributed by atoms with Crippen LogP contribution in [0.3, 0.4) is 0 Å². The third-order valence-corrected chi connectivity index (χ3v) is 5.46. The van der Waals surface area contributed by atoms with E-state index >= 15 is 0 Å². The van der Waals surface area contributed by atoms with Crippen LogP contribution in [0.25, 0.3) is 0 Å². The van der Waals surface area contributed by atoms with Crippen LogP contribution in [0.15, 0.2) is 24.3 Å². The van der Waals surface area contributed by atoms with Crippen LogP contribution >= 0.6 is 0 Å². The van der Waals surface area contributed by atoms with E-state index in [-0.39, 0.29) is 46.0 Å². The maximum absolute atomic E-state index is 11.8. The first-order valence-corrected chi connectivity index (χ1v) is 11.0. The van der Waals surface area contributed by atoms with Gasteiger partial charge in [0, 0.05) is 22.3 Å². The van der Waals surface area contributed by atoms with E-state index in [2.05, 4.69) is 0 Å². The molecule has 2 atom stereocenters. The van der Waals surface area contributed by atoms with Gasteiger partial charge in [0.1, 0.15) is 0 Å². The summed E-state index contributed by atoms with van der Waals surface area (Å²) in [6, 6.07) is 6.21. The summed E-state index contributed by atoms with van der Waals surface area (Å²) in [6.45, 7) is 8.02. The van der Waals surface area contributed by atoms with Crippen LogP contribution in [0.4, 0.5) is 0 Å². The molecule has 180 valence electrons. The number of aromatic hydroxyl groups is 2. The van der Waals surface area contributed by atoms with Gasteiger partial charge in [-0.15, -0.1) is 0 Å². The Morgan fingerprint density at radius 1 is 0.727 bits per heavy atom. The van der Waals surface area contributed by atoms with Crippen molar-refractivity contribution in [1.82, 2.24) is 0 Å². The van der Waals surface area contributed by atoms with E-state index in [4.69, 9.17) is 14.2 Å². The smallest absolute Gasteiger partial charge is 0.164 e. The number of phenols is 2. The van der Waals surface area contributed by atoms with E-state index in [1.165, 1.54) is 26.4 Å². The standard InChI is InChI=1S/C26H34O7/c1-15(2)11-21(23-17(13-27)7-9-19(31-5)25(23)29)33-22(12-16(3)4)24-18(14-28)8-10-20(32-6)26(24)30/h7-10,13-16,21-22,29-30H,11-12H2,1-6H3. The Kier molecular flexibility index (Phi) is 9.29. The van der Waals surface area contributed by atoms with Crippen LogP contribution in [0.2, 0.25) is 0 Å². The lowest BCUT2D eigenvalue weighted by molar-refractivity contribution is -0.0376. The molecular formula is C26H34O7. The summed E-state index contributed by atoms with van der Waals surface area (Å²) >= 11 is 0. The first-order chi connectivity index (χ1) is 15.7. The Balaban J connectivity index is 2.70. The summed E-state index contributed by atoms with van der Waals surface area (Å²) < 4.78 is 17.1. The predicted molar refractivity (Wildman–Crippen MR) is 126 cm³/mol. The van der Waals surface area contributed by atoms with Crippen LogP contribution in [0, 0.1) is 11.8 Å². The van der Waals surface area contributed by atoms with Crippen molar-refractivity contribution in [3.05, 3.63) is 46.5 Å². The van der Waals surface area contributed by atoms with Gasteiger partial charge in [0.15, 0.2) is 35.6 Å². The number of methoxy groups -OCH3 is 2. The van der Waals surface area contributed by atoms with Crippen molar-refractivity contribution in [2.75, 3.05) is 14.2 Å². The van der Waals surface area contributed by atoms with E-state index < -0.39 is 12.2 Å². The number of carbonyl (C=O) groups is 2. The highest BCUT2D eigenvalue weighted by atomic mass is 16.5. The molecule has 0 aliphatic rings. The Morgan fingerprint density at radius 2 is 1.09 bits per heavy atom. The average Bonchev–Trinajstić information content (AvgIpc) is 2.76. The second-order valence-corrected chi connectivity index (χ2v) is 8.85. The molecule has 2 rings (SSSR count). The second kappa shape index (κ2) is 11.7. The molecule has 0 aromatic heterocycles. The van der Waals surface area contributed by atoms with Crippen molar-refractivity contribution in [2.24, 2.45) is 11.8 Å². The molecule has 2 N–H and O–H groups in total. The molecule has 0 saturated heterocycles. The summed E-state index contributed by atoms with van der Waals surface area (Å²) in [5.41, 5.74) is 1.21. The SMILES string of the molecule is COc1ccc(C=O)c(C(CC(C)C)OC(CC(C)C)c2c(C=O)ccc(OC)c2O)c1O. The van der Waals surface area contributed by atoms with Gasteiger partial charge in [-0.25, -0.2) is 0 Å². The van der Waals surface area contributed by atoms with Crippen LogP contribution in [-0.2, 0) is 4.74 Å². The molecule has 2 aromatic carbocycles. The highest BCUT2D eigenvalue weighted by Crippen LogP contribution is 2.46. The maximum Gasteiger partial charge on any atom is 0.164 e. The molecule has 0 spiro atoms. The van der Waals surface area contributed by atoms with Crippen LogP contribution < -0.4 is 9.47 Å². The van der Waals surface area contributed by atoms with Crippen LogP contribution in [0.1, 0.15) is 84.6 Å². The summed E-state index contributed by atoms with van der Waals surface area (Å²) in [6.07, 6.45) is 0.905. The molecule has 0 radical (unpaired) electrons. The summed E-state index contributed by atoms with van der Waals surface area (Å²) in [7, 11) is 2.87. The van der Waals surface area contributed by atoms with Crippen molar-refractivity contribution in [3.8, 4) is 23.0 Å². The first-order valence-electron chi connectivity index (χ1n) is 11.0. The third-order valence-electron chi connectivity index (χ3n) is 5.46. The molecule has 7 nitrogen and oxygen atoms in total. The molecule has 0 bridgehead atoms. The highest BCUT2D eigenvalue weighted by molar-refractivity contribution is 5.81. The van der Waals surface area contributed by atoms with Crippen molar-refractivity contribution < 1.29 is 34.0 Å². The molecule has 0 fully saturated rings. The van der Waals surface area contributed by atoms with Gasteiger partial charge in [-0.1, -0.05) is 27.7 Å². The highest BCUT2D eigenvalue weighted by Gasteiger charge is 2.31. The zero-order valence-corrected chi connectivity index (χ0v) is 20.1. The topological polar surface area (TPSA) is 102 Å². The zero-order chi connectivity index (χ0) is 24.7. The lowest BCUT2D eigenvalue weighted by Gasteiger charge is -2.30. The number of hydrogen-bond donors (Lipinski definition) is 2. The molecular weight excluding hydrogens is 424 g/mol. The number of benzene rings is 2. The Hall–Kier alpha value is -3.06. The van der Waals surface area contributed by atoms with Gasteiger partial charge in [-0.3, -0.25) is 9.59 Å². The molecule has 0 aliphatic carbocycles. The minimum absolute atomic E-state index is 0.157. The van der Waals surface area contributed by atoms with Gasteiger partial charge < -0.3 is 24.4 Å². The first kappa shape index (κ1) is 26.2. The molecule has 33 heavy (non-hydrogen) atoms. The lowest BCUT2D eigenvalue weighted by Crippen LogP contribution is -2.17. The van der Waals surface area contributed by atoms with Gasteiger partial charge in [0.25, 0.3) is 0 Å². The van der Waals surface area contributed by atoms with E-state index in [9.17, 15) is 19.8 Å². The van der Waals surface area contributed by atoms with Crippen molar-refractivity contribution in [2.45, 2.75) is 52.7 Å². The molecule has 0 amide bonds. The fraction of sp³-hybridized carbons (Fsp3) is 0.462. The fourth-order valence-electron chi connectivity index (χ4n) is 3.96. The monoisotopic (exact) mass is 458 g/mol. The summed E-state index contributed by atoms with van der Waals surface area (Å²) in [5.74, 6) is 0.439. The predicted octanol–water partition coefficient (Wildman–Crippen LogP) is 5.63. The van der Waals surface area contributed by atoms with Crippen molar-refractivity contribution in [1.29, 1.82) is 0 Å². The number of ether oxygens (including phenoxy) is 3. The third kappa shape index (κ3) is 6.05. The van der Waals surface area contributed by atoms with Gasteiger partial charge in [0.05, 0.1) is 26.4 Å². The van der Waals surface area contributed by atoms with Crippen LogP contribution in [0.5, 0.6) is 23.0 Å². The van der Waals surface area contributed by atoms with Gasteiger partial charge >= 0.3 is 0 Å². The molecule has 2 unspecified atom stereocenters. The Bertz CT molecular complexity index is 888. The van der Waals surface area contributed by atoms with Crippen molar-refractivity contribution in [3.63, 3.8) is 0 Å². The van der Waals surface area contributed by atoms with Gasteiger partial charge in [-0.05, 0) is 48.9 Å². The van der Waals surface area contributed by atoms with E-state index in [0.717, 1.165) is 0 Å². The second-order valence-electron chi connectivity index (χ2n) is 8.85. The molecule has 0 aliphatic heterocycles. The van der Waals surface area contributed by atoms with E-state index in [1.807, 2.05) is 27.7 Å². The zero-order valence-electron chi connectivity index (χ0n) is 20.1. The van der Waals surface area contributed by atoms with Gasteiger partial charge in [-0.2, -0.15) is 0 Å². The number of hydrogen-bond acceptors (Lipinski definition) is 7. The Morgan fingerprint density at radius 3 is 1.36 bits per heavy atom. The summed E-state index contributed by atoms with van der Waals surface area (Å²) in [4.78, 5) is 23.7. The number of aldehydes is 2. The quantitative estimate of drug-likeness (QED) is 0.397. The normalized spacial score (nSPS) is 13.1. The van der Waals surface area contributed by atoms with E-state index in [0.29, 0.717) is 36.5 Å². The molecule has 0 heterocycles. The molecule has 7 heteroatoms. The number of phenolic OH excluding ortho intramolecular Hbond substituents is 2. The van der Waals surface area contributed by atoms with E-state index in [1.54, 1.807) is 12.1 Å². The number of rotatable bonds is 12. The maximum atomic E-state index is 11.8. The van der Waals surface area contributed by atoms with Gasteiger partial charge in [0.2, 0.25) is 0 Å². The average molecular weight is 459 g/mol. The van der Waals surface area contributed by atoms with Crippen LogP contribution in [-0.4, -0.2) is 37.0 Å². The lowest BCUT2D eigenvalue weighted by atomic mass is 9.91. The Labute approximate surface area is 195 Å². The van der Waals surface area contributed by atoms with Crippen molar-refractivity contribution >= 4 is 12.6 Å². The minimum Gasteiger partial charge on any atom is -0.504 e. The number of carbonyl (C=O) groups excluding carboxylic acids is 2. The summed E-state index contributed by atoms with van der Waals surface area (Å²) in [5, 5.41) is 21.8.